The first kappa shape index (κ1) is 31.2. The van der Waals surface area contributed by atoms with Crippen molar-refractivity contribution in [1.82, 2.24) is 16.3 Å². The van der Waals surface area contributed by atoms with Crippen LogP contribution in [-0.2, 0) is 20.2 Å². The van der Waals surface area contributed by atoms with Gasteiger partial charge in [-0.3, -0.25) is 24.7 Å². The molecule has 5 N–H and O–H groups in total. The van der Waals surface area contributed by atoms with Crippen LogP contribution in [0.15, 0.2) is 42.2 Å². The molecule has 0 spiro atoms. The molecular formula is C30H42N6O5S. The highest BCUT2D eigenvalue weighted by molar-refractivity contribution is 7.92. The van der Waals surface area contributed by atoms with Gasteiger partial charge in [-0.2, -0.15) is 0 Å². The number of carbonyl (C=O) groups is 2. The highest BCUT2D eigenvalue weighted by Gasteiger charge is 2.25. The van der Waals surface area contributed by atoms with E-state index in [-0.39, 0.29) is 22.8 Å². The highest BCUT2D eigenvalue weighted by Crippen LogP contribution is 2.39. The molecule has 2 amide bonds. The Morgan fingerprint density at radius 1 is 1.05 bits per heavy atom. The summed E-state index contributed by atoms with van der Waals surface area (Å²) in [5.74, 6) is 0.123. The van der Waals surface area contributed by atoms with E-state index in [0.717, 1.165) is 30.2 Å². The minimum absolute atomic E-state index is 0.188. The fraction of sp³-hybridized carbons (Fsp3) is 0.467. The van der Waals surface area contributed by atoms with Gasteiger partial charge in [-0.15, -0.1) is 5.53 Å². The van der Waals surface area contributed by atoms with Crippen molar-refractivity contribution in [3.05, 3.63) is 58.9 Å². The Labute approximate surface area is 248 Å². The van der Waals surface area contributed by atoms with Gasteiger partial charge < -0.3 is 15.4 Å². The van der Waals surface area contributed by atoms with Crippen LogP contribution in [0.25, 0.3) is 0 Å². The Hall–Kier alpha value is -3.77. The third-order valence-corrected chi connectivity index (χ3v) is 8.11. The summed E-state index contributed by atoms with van der Waals surface area (Å²) in [6.45, 7) is 8.55. The Balaban J connectivity index is 1.55. The Kier molecular flexibility index (Phi) is 9.37. The van der Waals surface area contributed by atoms with Gasteiger partial charge in [-0.1, -0.05) is 46.1 Å². The molecule has 1 aliphatic carbocycles. The lowest BCUT2D eigenvalue weighted by Crippen LogP contribution is -2.40. The van der Waals surface area contributed by atoms with E-state index in [0.29, 0.717) is 35.1 Å². The third-order valence-electron chi connectivity index (χ3n) is 7.52. The number of ether oxygens (including phenoxy) is 1. The number of rotatable bonds is 9. The number of benzene rings is 2. The maximum absolute atomic E-state index is 13.5. The first-order chi connectivity index (χ1) is 19.7. The molecule has 2 aliphatic rings. The van der Waals surface area contributed by atoms with Crippen molar-refractivity contribution in [3.8, 4) is 5.75 Å². The second kappa shape index (κ2) is 12.6. The van der Waals surface area contributed by atoms with Crippen molar-refractivity contribution in [1.29, 1.82) is 0 Å². The second-order valence-corrected chi connectivity index (χ2v) is 13.8. The van der Waals surface area contributed by atoms with Crippen molar-refractivity contribution in [2.24, 2.45) is 5.92 Å². The number of anilines is 3. The fourth-order valence-electron chi connectivity index (χ4n) is 5.14. The molecule has 1 saturated carbocycles. The minimum Gasteiger partial charge on any atom is -0.492 e. The van der Waals surface area contributed by atoms with E-state index in [1.165, 1.54) is 26.4 Å². The maximum Gasteiger partial charge on any atom is 0.270 e. The molecular weight excluding hydrogens is 556 g/mol. The molecule has 0 unspecified atom stereocenters. The summed E-state index contributed by atoms with van der Waals surface area (Å²) in [6, 6.07) is 8.73. The normalized spacial score (nSPS) is 16.0. The number of amides is 2. The molecule has 11 nitrogen and oxygen atoms in total. The van der Waals surface area contributed by atoms with E-state index in [1.54, 1.807) is 35.5 Å². The number of nitrogens with one attached hydrogen (secondary N) is 5. The molecule has 1 heterocycles. The van der Waals surface area contributed by atoms with Gasteiger partial charge in [0.15, 0.2) is 5.75 Å². The molecule has 1 fully saturated rings. The Morgan fingerprint density at radius 3 is 2.38 bits per heavy atom. The topological polar surface area (TPSA) is 141 Å². The van der Waals surface area contributed by atoms with Crippen LogP contribution in [0.4, 0.5) is 17.1 Å². The average Bonchev–Trinajstić information content (AvgIpc) is 3.41. The Bertz CT molecular complexity index is 1480. The summed E-state index contributed by atoms with van der Waals surface area (Å²) < 4.78 is 32.1. The molecule has 2 aromatic rings. The Morgan fingerprint density at radius 2 is 1.74 bits per heavy atom. The molecule has 0 radical (unpaired) electrons. The number of aryl methyl sites for hydroxylation is 1. The zero-order valence-corrected chi connectivity index (χ0v) is 26.0. The van der Waals surface area contributed by atoms with Crippen molar-refractivity contribution >= 4 is 38.9 Å². The number of sulfonamides is 1. The number of nitrogens with zero attached hydrogens (tertiary/aromatic N) is 1. The monoisotopic (exact) mass is 598 g/mol. The van der Waals surface area contributed by atoms with E-state index in [1.807, 2.05) is 33.8 Å². The van der Waals surface area contributed by atoms with Crippen LogP contribution in [0.3, 0.4) is 0 Å². The van der Waals surface area contributed by atoms with Gasteiger partial charge in [-0.05, 0) is 66.5 Å². The van der Waals surface area contributed by atoms with Crippen molar-refractivity contribution in [3.63, 3.8) is 0 Å². The smallest absolute Gasteiger partial charge is 0.270 e. The number of hydrogen-bond donors (Lipinski definition) is 5. The van der Waals surface area contributed by atoms with E-state index < -0.39 is 15.9 Å². The minimum atomic E-state index is -3.60. The maximum atomic E-state index is 13.5. The van der Waals surface area contributed by atoms with Gasteiger partial charge in [0.2, 0.25) is 10.0 Å². The molecule has 0 atom stereocenters. The molecule has 42 heavy (non-hydrogen) atoms. The lowest BCUT2D eigenvalue weighted by molar-refractivity contribution is -0.118. The first-order valence-electron chi connectivity index (χ1n) is 14.2. The highest BCUT2D eigenvalue weighted by atomic mass is 32.2. The zero-order chi connectivity index (χ0) is 30.7. The molecule has 228 valence electrons. The van der Waals surface area contributed by atoms with Crippen molar-refractivity contribution in [2.75, 3.05) is 35.0 Å². The van der Waals surface area contributed by atoms with E-state index >= 15 is 0 Å². The van der Waals surface area contributed by atoms with Gasteiger partial charge >= 0.3 is 0 Å². The molecule has 1 aliphatic heterocycles. The number of methoxy groups -OCH3 is 1. The van der Waals surface area contributed by atoms with Crippen molar-refractivity contribution in [2.45, 2.75) is 65.2 Å². The van der Waals surface area contributed by atoms with Crippen LogP contribution in [0.5, 0.6) is 5.75 Å². The van der Waals surface area contributed by atoms with Crippen LogP contribution >= 0.6 is 0 Å². The summed E-state index contributed by atoms with van der Waals surface area (Å²) >= 11 is 0. The molecule has 0 saturated heterocycles. The third kappa shape index (κ3) is 7.74. The lowest BCUT2D eigenvalue weighted by atomic mass is 9.86. The van der Waals surface area contributed by atoms with Crippen LogP contribution in [0, 0.1) is 12.8 Å². The van der Waals surface area contributed by atoms with Gasteiger partial charge in [0.25, 0.3) is 11.8 Å². The second-order valence-electron chi connectivity index (χ2n) is 12.0. The van der Waals surface area contributed by atoms with Gasteiger partial charge in [0.05, 0.1) is 36.6 Å². The van der Waals surface area contributed by atoms with Crippen LogP contribution in [0.1, 0.15) is 74.4 Å². The van der Waals surface area contributed by atoms with Crippen LogP contribution in [-0.4, -0.2) is 40.1 Å². The van der Waals surface area contributed by atoms with Gasteiger partial charge in [-0.25, -0.2) is 8.42 Å². The summed E-state index contributed by atoms with van der Waals surface area (Å²) in [6.07, 6.45) is 8.72. The van der Waals surface area contributed by atoms with Gasteiger partial charge in [0.1, 0.15) is 5.70 Å². The molecule has 12 heteroatoms. The predicted molar refractivity (Wildman–Crippen MR) is 166 cm³/mol. The number of hydrazine groups is 2. The molecule has 0 bridgehead atoms. The van der Waals surface area contributed by atoms with Gasteiger partial charge in [0, 0.05) is 12.1 Å². The number of hydrogen-bond acceptors (Lipinski definition) is 8. The van der Waals surface area contributed by atoms with Crippen LogP contribution < -0.4 is 36.1 Å². The summed E-state index contributed by atoms with van der Waals surface area (Å²) in [7, 11) is -2.19. The average molecular weight is 599 g/mol. The lowest BCUT2D eigenvalue weighted by Gasteiger charge is -2.24. The fourth-order valence-corrected chi connectivity index (χ4v) is 5.69. The first-order valence-corrected chi connectivity index (χ1v) is 16.1. The summed E-state index contributed by atoms with van der Waals surface area (Å²) in [5, 5.41) is 7.59. The molecule has 0 aromatic heterocycles. The quantitative estimate of drug-likeness (QED) is 0.288. The zero-order valence-electron chi connectivity index (χ0n) is 25.2. The predicted octanol–water partition coefficient (Wildman–Crippen LogP) is 4.29. The summed E-state index contributed by atoms with van der Waals surface area (Å²) in [4.78, 5) is 26.3. The largest absolute Gasteiger partial charge is 0.492 e. The van der Waals surface area contributed by atoms with E-state index in [2.05, 4.69) is 26.3 Å². The van der Waals surface area contributed by atoms with E-state index in [9.17, 15) is 18.0 Å². The van der Waals surface area contributed by atoms with Crippen LogP contribution in [0.2, 0.25) is 0 Å². The molecule has 4 rings (SSSR count). The van der Waals surface area contributed by atoms with Crippen molar-refractivity contribution < 1.29 is 22.7 Å². The van der Waals surface area contributed by atoms with E-state index in [4.69, 9.17) is 4.74 Å². The molecule has 2 aromatic carbocycles. The standard InChI is InChI=1S/C30H42N6O5S/c1-19-12-13-21(14-26(19)36-18-25(33-35-36)29(38)31-17-20-10-8-7-9-11-20)28(37)32-23-15-22(30(2,3)4)16-24(27(23)41-5)34-42(6,39)40/h12-16,18,20,33-35H,7-11,17H2,1-6H3,(H,31,38)(H,32,37). The summed E-state index contributed by atoms with van der Waals surface area (Å²) in [5.41, 5.74) is 9.25. The number of carbonyl (C=O) groups excluding carboxylic acids is 2. The SMILES string of the molecule is COc1c(NC(=O)c2ccc(C)c(N3C=C(C(=O)NCC4CCCCC4)NN3)c2)cc(C(C)(C)C)cc1NS(C)(=O)=O.